The van der Waals surface area contributed by atoms with E-state index in [-0.39, 0.29) is 17.5 Å². The fourth-order valence-electron chi connectivity index (χ4n) is 4.23. The van der Waals surface area contributed by atoms with Crippen LogP contribution in [-0.4, -0.2) is 78.9 Å². The number of nitro benzene ring substituents is 1. The van der Waals surface area contributed by atoms with Crippen LogP contribution in [0.5, 0.6) is 0 Å². The standard InChI is InChI=1S/C23H26FN5O4/c24-19-5-2-17(3-6-19)22(30)28-14-12-26(13-15-28)20-7-4-18(16-21(20)29(32)33)23(31)27-10-1-8-25-9-11-27/h2-7,16,25H,1,8-15H2. The van der Waals surface area contributed by atoms with E-state index >= 15 is 0 Å². The van der Waals surface area contributed by atoms with Crippen molar-refractivity contribution in [1.29, 1.82) is 0 Å². The Hall–Kier alpha value is -3.53. The summed E-state index contributed by atoms with van der Waals surface area (Å²) in [4.78, 5) is 42.1. The van der Waals surface area contributed by atoms with Gasteiger partial charge in [-0.25, -0.2) is 4.39 Å². The summed E-state index contributed by atoms with van der Waals surface area (Å²) in [6, 6.07) is 10.0. The van der Waals surface area contributed by atoms with E-state index < -0.39 is 10.7 Å². The highest BCUT2D eigenvalue weighted by Gasteiger charge is 2.28. The summed E-state index contributed by atoms with van der Waals surface area (Å²) in [6.07, 6.45) is 0.840. The largest absolute Gasteiger partial charge is 0.362 e. The quantitative estimate of drug-likeness (QED) is 0.560. The van der Waals surface area contributed by atoms with E-state index in [1.54, 1.807) is 21.9 Å². The van der Waals surface area contributed by atoms with E-state index in [2.05, 4.69) is 5.32 Å². The summed E-state index contributed by atoms with van der Waals surface area (Å²) in [5, 5.41) is 15.0. The van der Waals surface area contributed by atoms with Gasteiger partial charge < -0.3 is 20.0 Å². The van der Waals surface area contributed by atoms with Crippen molar-refractivity contribution in [2.45, 2.75) is 6.42 Å². The molecule has 10 heteroatoms. The second kappa shape index (κ2) is 9.95. The summed E-state index contributed by atoms with van der Waals surface area (Å²) in [5.41, 5.74) is 1.02. The van der Waals surface area contributed by atoms with Gasteiger partial charge in [-0.05, 0) is 49.4 Å². The second-order valence-corrected chi connectivity index (χ2v) is 8.14. The maximum Gasteiger partial charge on any atom is 0.293 e. The minimum Gasteiger partial charge on any atom is -0.362 e. The number of nitro groups is 1. The number of amides is 2. The molecule has 33 heavy (non-hydrogen) atoms. The van der Waals surface area contributed by atoms with Crippen molar-refractivity contribution >= 4 is 23.2 Å². The van der Waals surface area contributed by atoms with Crippen molar-refractivity contribution in [2.24, 2.45) is 0 Å². The molecule has 2 aromatic carbocycles. The SMILES string of the molecule is O=C(c1ccc(N2CCN(C(=O)c3ccc(F)cc3)CC2)c([N+](=O)[O-])c1)N1CCCNCC1. The molecule has 0 unspecified atom stereocenters. The van der Waals surface area contributed by atoms with Gasteiger partial charge >= 0.3 is 0 Å². The van der Waals surface area contributed by atoms with Gasteiger partial charge in [-0.3, -0.25) is 19.7 Å². The second-order valence-electron chi connectivity index (χ2n) is 8.14. The van der Waals surface area contributed by atoms with Crippen LogP contribution in [0.2, 0.25) is 0 Å². The summed E-state index contributed by atoms with van der Waals surface area (Å²) in [7, 11) is 0. The van der Waals surface area contributed by atoms with Crippen molar-refractivity contribution in [3.8, 4) is 0 Å². The number of nitrogens with zero attached hydrogens (tertiary/aromatic N) is 4. The predicted octanol–water partition coefficient (Wildman–Crippen LogP) is 2.13. The fourth-order valence-corrected chi connectivity index (χ4v) is 4.23. The molecule has 2 aromatic rings. The smallest absolute Gasteiger partial charge is 0.293 e. The number of halogens is 1. The Morgan fingerprint density at radius 1 is 0.848 bits per heavy atom. The molecular formula is C23H26FN5O4. The number of carbonyl (C=O) groups excluding carboxylic acids is 2. The molecule has 0 saturated carbocycles. The molecule has 0 radical (unpaired) electrons. The molecule has 2 aliphatic rings. The number of hydrogen-bond donors (Lipinski definition) is 1. The van der Waals surface area contributed by atoms with Gasteiger partial charge in [0.1, 0.15) is 11.5 Å². The number of piperazine rings is 1. The van der Waals surface area contributed by atoms with Gasteiger partial charge in [-0.2, -0.15) is 0 Å². The van der Waals surface area contributed by atoms with Crippen LogP contribution in [0, 0.1) is 15.9 Å². The molecule has 2 fully saturated rings. The van der Waals surface area contributed by atoms with Crippen LogP contribution >= 0.6 is 0 Å². The van der Waals surface area contributed by atoms with Gasteiger partial charge in [0.05, 0.1) is 4.92 Å². The minimum absolute atomic E-state index is 0.118. The van der Waals surface area contributed by atoms with E-state index in [4.69, 9.17) is 0 Å². The van der Waals surface area contributed by atoms with Crippen molar-refractivity contribution in [3.05, 3.63) is 69.5 Å². The fraction of sp³-hybridized carbons (Fsp3) is 0.391. The van der Waals surface area contributed by atoms with E-state index in [1.165, 1.54) is 30.3 Å². The first-order valence-corrected chi connectivity index (χ1v) is 11.0. The minimum atomic E-state index is -0.466. The molecule has 0 aromatic heterocycles. The lowest BCUT2D eigenvalue weighted by atomic mass is 10.1. The molecular weight excluding hydrogens is 429 g/mol. The first kappa shape index (κ1) is 22.7. The average Bonchev–Trinajstić information content (AvgIpc) is 3.13. The van der Waals surface area contributed by atoms with Crippen molar-refractivity contribution < 1.29 is 18.9 Å². The van der Waals surface area contributed by atoms with Crippen LogP contribution in [-0.2, 0) is 0 Å². The molecule has 0 spiro atoms. The monoisotopic (exact) mass is 455 g/mol. The molecule has 1 N–H and O–H groups in total. The number of rotatable bonds is 4. The molecule has 2 saturated heterocycles. The van der Waals surface area contributed by atoms with Gasteiger partial charge in [-0.1, -0.05) is 0 Å². The lowest BCUT2D eigenvalue weighted by Crippen LogP contribution is -2.49. The third-order valence-corrected chi connectivity index (χ3v) is 6.05. The number of hydrogen-bond acceptors (Lipinski definition) is 6. The van der Waals surface area contributed by atoms with Crippen LogP contribution < -0.4 is 10.2 Å². The zero-order valence-corrected chi connectivity index (χ0v) is 18.2. The molecule has 2 heterocycles. The van der Waals surface area contributed by atoms with Crippen LogP contribution in [0.3, 0.4) is 0 Å². The Balaban J connectivity index is 1.46. The third kappa shape index (κ3) is 5.11. The number of carbonyl (C=O) groups is 2. The van der Waals surface area contributed by atoms with Gasteiger partial charge in [0.15, 0.2) is 0 Å². The summed E-state index contributed by atoms with van der Waals surface area (Å²) in [5.74, 6) is -0.807. The molecule has 4 rings (SSSR count). The Morgan fingerprint density at radius 3 is 2.18 bits per heavy atom. The summed E-state index contributed by atoms with van der Waals surface area (Å²) < 4.78 is 13.1. The van der Waals surface area contributed by atoms with Crippen LogP contribution in [0.1, 0.15) is 27.1 Å². The number of benzene rings is 2. The Labute approximate surface area is 190 Å². The summed E-state index contributed by atoms with van der Waals surface area (Å²) in [6.45, 7) is 4.33. The predicted molar refractivity (Wildman–Crippen MR) is 121 cm³/mol. The van der Waals surface area contributed by atoms with Crippen LogP contribution in [0.15, 0.2) is 42.5 Å². The van der Waals surface area contributed by atoms with Crippen LogP contribution in [0.25, 0.3) is 0 Å². The average molecular weight is 455 g/mol. The molecule has 9 nitrogen and oxygen atoms in total. The van der Waals surface area contributed by atoms with Crippen molar-refractivity contribution in [1.82, 2.24) is 15.1 Å². The van der Waals surface area contributed by atoms with E-state index in [0.717, 1.165) is 13.0 Å². The van der Waals surface area contributed by atoms with Crippen LogP contribution in [0.4, 0.5) is 15.8 Å². The molecule has 174 valence electrons. The molecule has 0 bridgehead atoms. The van der Waals surface area contributed by atoms with Gasteiger partial charge in [0.25, 0.3) is 17.5 Å². The molecule has 0 atom stereocenters. The number of anilines is 1. The lowest BCUT2D eigenvalue weighted by Gasteiger charge is -2.36. The number of nitrogens with one attached hydrogen (secondary N) is 1. The van der Waals surface area contributed by atoms with E-state index in [9.17, 15) is 24.1 Å². The van der Waals surface area contributed by atoms with E-state index in [0.29, 0.717) is 62.6 Å². The Morgan fingerprint density at radius 2 is 1.48 bits per heavy atom. The highest BCUT2D eigenvalue weighted by atomic mass is 19.1. The molecule has 2 amide bonds. The maximum absolute atomic E-state index is 13.1. The van der Waals surface area contributed by atoms with Crippen molar-refractivity contribution in [3.63, 3.8) is 0 Å². The normalized spacial score (nSPS) is 16.9. The first-order valence-electron chi connectivity index (χ1n) is 11.0. The highest BCUT2D eigenvalue weighted by molar-refractivity contribution is 5.96. The van der Waals surface area contributed by atoms with E-state index in [1.807, 2.05) is 4.90 Å². The lowest BCUT2D eigenvalue weighted by molar-refractivity contribution is -0.384. The molecule has 2 aliphatic heterocycles. The first-order chi connectivity index (χ1) is 15.9. The third-order valence-electron chi connectivity index (χ3n) is 6.05. The highest BCUT2D eigenvalue weighted by Crippen LogP contribution is 2.31. The van der Waals surface area contributed by atoms with Gasteiger partial charge in [0, 0.05) is 63.0 Å². The molecule has 0 aliphatic carbocycles. The Kier molecular flexibility index (Phi) is 6.83. The van der Waals surface area contributed by atoms with Gasteiger partial charge in [0.2, 0.25) is 0 Å². The Bertz CT molecular complexity index is 1030. The van der Waals surface area contributed by atoms with Gasteiger partial charge in [-0.15, -0.1) is 0 Å². The van der Waals surface area contributed by atoms with Crippen molar-refractivity contribution in [2.75, 3.05) is 57.3 Å². The maximum atomic E-state index is 13.1. The zero-order chi connectivity index (χ0) is 23.4. The summed E-state index contributed by atoms with van der Waals surface area (Å²) >= 11 is 0. The zero-order valence-electron chi connectivity index (χ0n) is 18.2. The topological polar surface area (TPSA) is 99.0 Å².